The van der Waals surface area contributed by atoms with Crippen LogP contribution in [0.25, 0.3) is 0 Å². The largest absolute Gasteiger partial charge is 0.493 e. The van der Waals surface area contributed by atoms with Crippen LogP contribution in [0, 0.1) is 33.1 Å². The number of amides is 3. The zero-order valence-electron chi connectivity index (χ0n) is 18.6. The zero-order chi connectivity index (χ0) is 24.7. The molecule has 1 heterocycles. The zero-order valence-corrected chi connectivity index (χ0v) is 20.8. The van der Waals surface area contributed by atoms with E-state index in [1.807, 2.05) is 34.7 Å². The molecule has 0 unspecified atom stereocenters. The number of hydrazone groups is 1. The van der Waals surface area contributed by atoms with Gasteiger partial charge in [-0.25, -0.2) is 4.39 Å². The standard InChI is InChI=1S/C25H21FIN3O5/c1-34-19-9-13(11-28-30-24(32)21-14-2-3-15(10-14)22(21)25(30)33)8-18(27)23(19)35-12-20(31)29-17-6-4-16(26)5-7-17/h2-9,11,14-15,21-22H,10,12H2,1H3,(H,29,31)/t14-,15-,21-,22+/m0/s1. The van der Waals surface area contributed by atoms with Crippen molar-refractivity contribution < 1.29 is 28.2 Å². The van der Waals surface area contributed by atoms with E-state index in [1.54, 1.807) is 12.1 Å². The van der Waals surface area contributed by atoms with Gasteiger partial charge in [0, 0.05) is 5.69 Å². The van der Waals surface area contributed by atoms with E-state index in [1.165, 1.54) is 37.6 Å². The Labute approximate surface area is 214 Å². The molecule has 1 saturated heterocycles. The summed E-state index contributed by atoms with van der Waals surface area (Å²) >= 11 is 2.04. The highest BCUT2D eigenvalue weighted by molar-refractivity contribution is 14.1. The van der Waals surface area contributed by atoms with Crippen LogP contribution in [0.2, 0.25) is 0 Å². The van der Waals surface area contributed by atoms with E-state index in [0.29, 0.717) is 26.3 Å². The van der Waals surface area contributed by atoms with Crippen molar-refractivity contribution in [3.8, 4) is 11.5 Å². The van der Waals surface area contributed by atoms with Crippen LogP contribution in [0.15, 0.2) is 53.7 Å². The monoisotopic (exact) mass is 589 g/mol. The Morgan fingerprint density at radius 2 is 1.83 bits per heavy atom. The lowest BCUT2D eigenvalue weighted by molar-refractivity contribution is -0.140. The minimum atomic E-state index is -0.417. The number of benzene rings is 2. The molecule has 5 rings (SSSR count). The quantitative estimate of drug-likeness (QED) is 0.231. The summed E-state index contributed by atoms with van der Waals surface area (Å²) in [6, 6.07) is 8.80. The number of hydrogen-bond donors (Lipinski definition) is 1. The Hall–Kier alpha value is -3.28. The Morgan fingerprint density at radius 3 is 2.46 bits per heavy atom. The molecule has 8 nitrogen and oxygen atoms in total. The summed E-state index contributed by atoms with van der Waals surface area (Å²) in [7, 11) is 1.47. The maximum absolute atomic E-state index is 13.0. The summed E-state index contributed by atoms with van der Waals surface area (Å²) in [5.41, 5.74) is 1.06. The van der Waals surface area contributed by atoms with E-state index in [2.05, 4.69) is 10.4 Å². The first-order chi connectivity index (χ1) is 16.9. The van der Waals surface area contributed by atoms with Gasteiger partial charge in [0.05, 0.1) is 28.7 Å². The van der Waals surface area contributed by atoms with Crippen LogP contribution in [0.5, 0.6) is 11.5 Å². The number of fused-ring (bicyclic) bond motifs is 5. The first-order valence-electron chi connectivity index (χ1n) is 11.0. The van der Waals surface area contributed by atoms with Crippen molar-refractivity contribution in [2.45, 2.75) is 6.42 Å². The van der Waals surface area contributed by atoms with Gasteiger partial charge in [-0.1, -0.05) is 12.2 Å². The number of methoxy groups -OCH3 is 1. The number of rotatable bonds is 7. The smallest absolute Gasteiger partial charge is 0.262 e. The molecule has 10 heteroatoms. The minimum absolute atomic E-state index is 0.124. The molecule has 3 amide bonds. The van der Waals surface area contributed by atoms with Gasteiger partial charge in [-0.05, 0) is 82.8 Å². The Kier molecular flexibility index (Phi) is 6.30. The van der Waals surface area contributed by atoms with Gasteiger partial charge in [0.15, 0.2) is 18.1 Å². The summed E-state index contributed by atoms with van der Waals surface area (Å²) < 4.78 is 24.8. The Morgan fingerprint density at radius 1 is 1.17 bits per heavy atom. The lowest BCUT2D eigenvalue weighted by Gasteiger charge is -2.14. The van der Waals surface area contributed by atoms with Crippen molar-refractivity contribution in [1.29, 1.82) is 0 Å². The number of imide groups is 1. The summed E-state index contributed by atoms with van der Waals surface area (Å²) in [5.74, 6) is -0.936. The topological polar surface area (TPSA) is 97.3 Å². The van der Waals surface area contributed by atoms with Gasteiger partial charge < -0.3 is 14.8 Å². The summed E-state index contributed by atoms with van der Waals surface area (Å²) in [4.78, 5) is 37.8. The summed E-state index contributed by atoms with van der Waals surface area (Å²) in [5, 5.41) is 7.82. The highest BCUT2D eigenvalue weighted by Gasteiger charge is 2.59. The van der Waals surface area contributed by atoms with Gasteiger partial charge in [0.25, 0.3) is 17.7 Å². The third-order valence-electron chi connectivity index (χ3n) is 6.50. The van der Waals surface area contributed by atoms with Crippen LogP contribution < -0.4 is 14.8 Å². The SMILES string of the molecule is COc1cc(C=NN2C(=O)[C@@H]3[C@H](C2=O)[C@H]2C=C[C@H]3C2)cc(I)c1OCC(=O)Nc1ccc(F)cc1. The Bertz CT molecular complexity index is 1230. The number of ether oxygens (including phenoxy) is 2. The molecule has 0 radical (unpaired) electrons. The first-order valence-corrected chi connectivity index (χ1v) is 12.1. The van der Waals surface area contributed by atoms with Crippen LogP contribution in [0.3, 0.4) is 0 Å². The predicted octanol–water partition coefficient (Wildman–Crippen LogP) is 3.60. The van der Waals surface area contributed by atoms with Crippen molar-refractivity contribution >= 4 is 52.2 Å². The highest BCUT2D eigenvalue weighted by Crippen LogP contribution is 2.52. The lowest BCUT2D eigenvalue weighted by atomic mass is 9.85. The molecule has 35 heavy (non-hydrogen) atoms. The molecule has 2 bridgehead atoms. The van der Waals surface area contributed by atoms with Crippen LogP contribution >= 0.6 is 22.6 Å². The molecule has 3 aliphatic rings. The average Bonchev–Trinajstić information content (AvgIpc) is 3.52. The van der Waals surface area contributed by atoms with Gasteiger partial charge in [-0.3, -0.25) is 14.4 Å². The van der Waals surface area contributed by atoms with E-state index in [-0.39, 0.29) is 42.1 Å². The average molecular weight is 589 g/mol. The maximum atomic E-state index is 13.0. The van der Waals surface area contributed by atoms with Gasteiger partial charge in [-0.15, -0.1) is 0 Å². The molecule has 180 valence electrons. The highest BCUT2D eigenvalue weighted by atomic mass is 127. The van der Waals surface area contributed by atoms with Crippen LogP contribution in [-0.4, -0.2) is 42.7 Å². The van der Waals surface area contributed by atoms with Crippen molar-refractivity contribution in [3.63, 3.8) is 0 Å². The van der Waals surface area contributed by atoms with E-state index in [9.17, 15) is 18.8 Å². The number of nitrogens with zero attached hydrogens (tertiary/aromatic N) is 2. The second-order valence-electron chi connectivity index (χ2n) is 8.61. The minimum Gasteiger partial charge on any atom is -0.493 e. The number of carbonyl (C=O) groups is 3. The fourth-order valence-corrected chi connectivity index (χ4v) is 5.73. The molecule has 0 aromatic heterocycles. The van der Waals surface area contributed by atoms with Gasteiger partial charge in [0.1, 0.15) is 5.82 Å². The number of allylic oxidation sites excluding steroid dienone is 2. The number of carbonyl (C=O) groups excluding carboxylic acids is 3. The number of halogens is 2. The van der Waals surface area contributed by atoms with E-state index in [4.69, 9.17) is 9.47 Å². The first kappa shape index (κ1) is 23.5. The van der Waals surface area contributed by atoms with Crippen LogP contribution in [-0.2, 0) is 14.4 Å². The van der Waals surface area contributed by atoms with E-state index < -0.39 is 11.7 Å². The van der Waals surface area contributed by atoms with Gasteiger partial charge in [0.2, 0.25) is 0 Å². The summed E-state index contributed by atoms with van der Waals surface area (Å²) in [6.45, 7) is -0.285. The van der Waals surface area contributed by atoms with E-state index >= 15 is 0 Å². The predicted molar refractivity (Wildman–Crippen MR) is 133 cm³/mol. The van der Waals surface area contributed by atoms with Crippen molar-refractivity contribution in [3.05, 3.63) is 63.5 Å². The molecule has 2 aromatic carbocycles. The molecule has 2 aliphatic carbocycles. The Balaban J connectivity index is 1.26. The fourth-order valence-electron chi connectivity index (χ4n) is 4.95. The molecule has 1 saturated carbocycles. The van der Waals surface area contributed by atoms with Crippen molar-refractivity contribution in [1.82, 2.24) is 5.01 Å². The van der Waals surface area contributed by atoms with Crippen molar-refractivity contribution in [2.75, 3.05) is 19.0 Å². The molecule has 2 aromatic rings. The maximum Gasteiger partial charge on any atom is 0.262 e. The lowest BCUT2D eigenvalue weighted by Crippen LogP contribution is -2.28. The molecule has 1 N–H and O–H groups in total. The summed E-state index contributed by atoms with van der Waals surface area (Å²) in [6.07, 6.45) is 6.39. The molecule has 2 fully saturated rings. The molecular formula is C25H21FIN3O5. The third-order valence-corrected chi connectivity index (χ3v) is 7.30. The van der Waals surface area contributed by atoms with Gasteiger partial charge in [-0.2, -0.15) is 10.1 Å². The number of anilines is 1. The fraction of sp³-hybridized carbons (Fsp3) is 0.280. The molecular weight excluding hydrogens is 568 g/mol. The third kappa shape index (κ3) is 4.42. The molecule has 4 atom stereocenters. The number of nitrogens with one attached hydrogen (secondary N) is 1. The van der Waals surface area contributed by atoms with Crippen molar-refractivity contribution in [2.24, 2.45) is 28.8 Å². The molecule has 1 aliphatic heterocycles. The van der Waals surface area contributed by atoms with Crippen LogP contribution in [0.4, 0.5) is 10.1 Å². The van der Waals surface area contributed by atoms with E-state index in [0.717, 1.165) is 11.4 Å². The molecule has 0 spiro atoms. The van der Waals surface area contributed by atoms with Crippen LogP contribution in [0.1, 0.15) is 12.0 Å². The second kappa shape index (κ2) is 9.40. The normalized spacial score (nSPS) is 24.4. The van der Waals surface area contributed by atoms with Gasteiger partial charge >= 0.3 is 0 Å². The number of hydrogen-bond acceptors (Lipinski definition) is 6. The second-order valence-corrected chi connectivity index (χ2v) is 9.77.